The minimum Gasteiger partial charge on any atom is -0.317 e. The fraction of sp³-hybridized carbons (Fsp3) is 0.462. The molecule has 0 saturated carbocycles. The lowest BCUT2D eigenvalue weighted by Gasteiger charge is -2.22. The first kappa shape index (κ1) is 9.85. The molecule has 2 aromatic rings. The summed E-state index contributed by atoms with van der Waals surface area (Å²) in [7, 11) is 0. The van der Waals surface area contributed by atoms with Gasteiger partial charge in [0.1, 0.15) is 0 Å². The van der Waals surface area contributed by atoms with E-state index in [0.29, 0.717) is 0 Å². The molecule has 0 atom stereocenters. The van der Waals surface area contributed by atoms with Crippen LogP contribution >= 0.6 is 0 Å². The van der Waals surface area contributed by atoms with E-state index < -0.39 is 0 Å². The summed E-state index contributed by atoms with van der Waals surface area (Å²) in [5, 5.41) is 7.81. The molecule has 1 aliphatic rings. The minimum atomic E-state index is 0.724. The Morgan fingerprint density at radius 1 is 1.31 bits per heavy atom. The molecule has 0 amide bonds. The second kappa shape index (κ2) is 3.91. The third-order valence-electron chi connectivity index (χ3n) is 3.42. The van der Waals surface area contributed by atoms with Gasteiger partial charge in [-0.15, -0.1) is 0 Å². The molecular weight excluding hydrogens is 198 g/mol. The second-order valence-electron chi connectivity index (χ2n) is 4.64. The maximum absolute atomic E-state index is 4.40. The fourth-order valence-corrected chi connectivity index (χ4v) is 2.55. The van der Waals surface area contributed by atoms with E-state index in [1.54, 1.807) is 0 Å². The van der Waals surface area contributed by atoms with Crippen LogP contribution in [0.5, 0.6) is 0 Å². The molecule has 1 N–H and O–H groups in total. The van der Waals surface area contributed by atoms with Crippen molar-refractivity contribution in [1.82, 2.24) is 14.9 Å². The van der Waals surface area contributed by atoms with Crippen molar-refractivity contribution in [1.29, 1.82) is 0 Å². The van der Waals surface area contributed by atoms with E-state index >= 15 is 0 Å². The first-order valence-electron chi connectivity index (χ1n) is 5.99. The van der Waals surface area contributed by atoms with Gasteiger partial charge in [-0.2, -0.15) is 5.10 Å². The van der Waals surface area contributed by atoms with Crippen molar-refractivity contribution in [3.63, 3.8) is 0 Å². The van der Waals surface area contributed by atoms with Crippen molar-refractivity contribution in [3.05, 3.63) is 35.7 Å². The molecule has 3 rings (SSSR count). The first-order chi connectivity index (χ1) is 7.83. The molecule has 0 aliphatic carbocycles. The molecule has 0 bridgehead atoms. The van der Waals surface area contributed by atoms with Gasteiger partial charge in [0.2, 0.25) is 0 Å². The number of pyridine rings is 1. The summed E-state index contributed by atoms with van der Waals surface area (Å²) in [4.78, 5) is 0. The number of rotatable bonds is 1. The zero-order valence-corrected chi connectivity index (χ0v) is 9.61. The van der Waals surface area contributed by atoms with Gasteiger partial charge in [-0.05, 0) is 62.5 Å². The number of nitrogens with zero attached hydrogens (tertiary/aromatic N) is 2. The van der Waals surface area contributed by atoms with Crippen molar-refractivity contribution in [2.75, 3.05) is 13.1 Å². The third kappa shape index (κ3) is 1.71. The second-order valence-corrected chi connectivity index (χ2v) is 4.64. The van der Waals surface area contributed by atoms with E-state index in [1.807, 2.05) is 11.4 Å². The predicted molar refractivity (Wildman–Crippen MR) is 64.8 cm³/mol. The molecule has 3 nitrogen and oxygen atoms in total. The predicted octanol–water partition coefficient (Wildman–Crippen LogP) is 2.11. The van der Waals surface area contributed by atoms with Crippen molar-refractivity contribution in [2.45, 2.75) is 25.7 Å². The van der Waals surface area contributed by atoms with Gasteiger partial charge in [0, 0.05) is 6.20 Å². The molecule has 0 spiro atoms. The van der Waals surface area contributed by atoms with Crippen LogP contribution in [0, 0.1) is 6.92 Å². The highest BCUT2D eigenvalue weighted by Crippen LogP contribution is 2.25. The van der Waals surface area contributed by atoms with Crippen molar-refractivity contribution in [2.24, 2.45) is 0 Å². The number of aromatic nitrogens is 2. The molecule has 1 fully saturated rings. The van der Waals surface area contributed by atoms with Crippen molar-refractivity contribution >= 4 is 5.52 Å². The average molecular weight is 215 g/mol. The summed E-state index contributed by atoms with van der Waals surface area (Å²) < 4.78 is 1.96. The van der Waals surface area contributed by atoms with E-state index in [1.165, 1.54) is 23.9 Å². The molecule has 2 aromatic heterocycles. The molecule has 3 heteroatoms. The Morgan fingerprint density at radius 2 is 2.12 bits per heavy atom. The Labute approximate surface area is 95.5 Å². The van der Waals surface area contributed by atoms with Gasteiger partial charge in [-0.25, -0.2) is 4.52 Å². The van der Waals surface area contributed by atoms with Crippen molar-refractivity contribution in [3.8, 4) is 0 Å². The zero-order chi connectivity index (χ0) is 11.0. The van der Waals surface area contributed by atoms with Gasteiger partial charge in [0.25, 0.3) is 0 Å². The molecule has 0 radical (unpaired) electrons. The summed E-state index contributed by atoms with van der Waals surface area (Å²) in [6.45, 7) is 4.33. The third-order valence-corrected chi connectivity index (χ3v) is 3.42. The minimum absolute atomic E-state index is 0.724. The molecular formula is C13H17N3. The maximum atomic E-state index is 4.40. The Hall–Kier alpha value is -1.35. The van der Waals surface area contributed by atoms with Crippen LogP contribution in [-0.2, 0) is 0 Å². The van der Waals surface area contributed by atoms with E-state index in [9.17, 15) is 0 Å². The van der Waals surface area contributed by atoms with Gasteiger partial charge in [0.15, 0.2) is 0 Å². The topological polar surface area (TPSA) is 29.3 Å². The number of aryl methyl sites for hydroxylation is 1. The zero-order valence-electron chi connectivity index (χ0n) is 9.61. The largest absolute Gasteiger partial charge is 0.317 e. The average Bonchev–Trinajstić information content (AvgIpc) is 2.69. The summed E-state index contributed by atoms with van der Waals surface area (Å²) in [6.07, 6.45) is 4.59. The smallest absolute Gasteiger partial charge is 0.0667 e. The van der Waals surface area contributed by atoms with Crippen LogP contribution < -0.4 is 5.32 Å². The van der Waals surface area contributed by atoms with Gasteiger partial charge >= 0.3 is 0 Å². The van der Waals surface area contributed by atoms with Crippen LogP contribution in [0.25, 0.3) is 5.52 Å². The molecule has 0 aromatic carbocycles. The summed E-state index contributed by atoms with van der Waals surface area (Å²) in [6, 6.07) is 6.65. The number of nitrogens with one attached hydrogen (secondary N) is 1. The highest BCUT2D eigenvalue weighted by molar-refractivity contribution is 5.50. The molecule has 84 valence electrons. The quantitative estimate of drug-likeness (QED) is 0.789. The van der Waals surface area contributed by atoms with Gasteiger partial charge in [-0.1, -0.05) is 0 Å². The number of piperidine rings is 1. The van der Waals surface area contributed by atoms with Crippen LogP contribution in [0.2, 0.25) is 0 Å². The van der Waals surface area contributed by atoms with Crippen LogP contribution in [0.1, 0.15) is 30.0 Å². The summed E-state index contributed by atoms with van der Waals surface area (Å²) in [5.74, 6) is 0.724. The lowest BCUT2D eigenvalue weighted by molar-refractivity contribution is 0.460. The SMILES string of the molecule is Cc1cc2cc(C3CCNCC3)ccn2n1. The fourth-order valence-electron chi connectivity index (χ4n) is 2.55. The molecule has 1 aliphatic heterocycles. The Kier molecular flexibility index (Phi) is 2.40. The van der Waals surface area contributed by atoms with Crippen LogP contribution in [0.15, 0.2) is 24.4 Å². The monoisotopic (exact) mass is 215 g/mol. The molecule has 0 unspecified atom stereocenters. The van der Waals surface area contributed by atoms with E-state index in [2.05, 4.69) is 34.8 Å². The highest BCUT2D eigenvalue weighted by atomic mass is 15.2. The molecule has 3 heterocycles. The first-order valence-corrected chi connectivity index (χ1v) is 5.99. The van der Waals surface area contributed by atoms with Crippen LogP contribution in [0.4, 0.5) is 0 Å². The summed E-state index contributed by atoms with van der Waals surface area (Å²) in [5.41, 5.74) is 3.77. The Morgan fingerprint density at radius 3 is 2.94 bits per heavy atom. The van der Waals surface area contributed by atoms with Crippen LogP contribution in [0.3, 0.4) is 0 Å². The Bertz CT molecular complexity index is 495. The maximum Gasteiger partial charge on any atom is 0.0667 e. The highest BCUT2D eigenvalue weighted by Gasteiger charge is 2.15. The normalized spacial score (nSPS) is 18.1. The number of hydrogen-bond donors (Lipinski definition) is 1. The molecule has 1 saturated heterocycles. The van der Waals surface area contributed by atoms with Gasteiger partial charge in [0.05, 0.1) is 11.2 Å². The van der Waals surface area contributed by atoms with E-state index in [0.717, 1.165) is 24.7 Å². The van der Waals surface area contributed by atoms with Crippen LogP contribution in [-0.4, -0.2) is 22.7 Å². The lowest BCUT2D eigenvalue weighted by Crippen LogP contribution is -2.26. The Balaban J connectivity index is 1.97. The van der Waals surface area contributed by atoms with E-state index in [-0.39, 0.29) is 0 Å². The van der Waals surface area contributed by atoms with E-state index in [4.69, 9.17) is 0 Å². The van der Waals surface area contributed by atoms with Crippen molar-refractivity contribution < 1.29 is 0 Å². The van der Waals surface area contributed by atoms with Gasteiger partial charge < -0.3 is 5.32 Å². The number of hydrogen-bond acceptors (Lipinski definition) is 2. The number of fused-ring (bicyclic) bond motifs is 1. The lowest BCUT2D eigenvalue weighted by atomic mass is 9.91. The standard InChI is InChI=1S/C13H17N3/c1-10-8-13-9-12(4-7-16(13)15-10)11-2-5-14-6-3-11/h4,7-9,11,14H,2-3,5-6H2,1H3. The van der Waals surface area contributed by atoms with Gasteiger partial charge in [-0.3, -0.25) is 0 Å². The summed E-state index contributed by atoms with van der Waals surface area (Å²) >= 11 is 0. The molecule has 16 heavy (non-hydrogen) atoms.